The fourth-order valence-corrected chi connectivity index (χ4v) is 3.98. The van der Waals surface area contributed by atoms with Crippen LogP contribution in [0.15, 0.2) is 12.1 Å². The van der Waals surface area contributed by atoms with Gasteiger partial charge in [0, 0.05) is 31.2 Å². The van der Waals surface area contributed by atoms with E-state index in [1.807, 2.05) is 0 Å². The monoisotopic (exact) mass is 314 g/mol. The van der Waals surface area contributed by atoms with E-state index in [1.54, 1.807) is 0 Å². The van der Waals surface area contributed by atoms with Crippen molar-refractivity contribution >= 4 is 17.3 Å². The van der Waals surface area contributed by atoms with Crippen molar-refractivity contribution in [2.45, 2.75) is 38.8 Å². The zero-order chi connectivity index (χ0) is 15.1. The molecule has 0 saturated carbocycles. The summed E-state index contributed by atoms with van der Waals surface area (Å²) in [5.74, 6) is -0.800. The van der Waals surface area contributed by atoms with Gasteiger partial charge in [-0.05, 0) is 31.4 Å². The maximum atomic E-state index is 14.3. The summed E-state index contributed by atoms with van der Waals surface area (Å²) in [6.45, 7) is 7.11. The molecule has 116 valence electrons. The van der Waals surface area contributed by atoms with E-state index in [4.69, 9.17) is 11.6 Å². The van der Waals surface area contributed by atoms with Gasteiger partial charge < -0.3 is 4.90 Å². The molecule has 0 radical (unpaired) electrons. The molecule has 2 heterocycles. The molecule has 2 aliphatic rings. The van der Waals surface area contributed by atoms with Gasteiger partial charge >= 0.3 is 0 Å². The van der Waals surface area contributed by atoms with Crippen molar-refractivity contribution < 1.29 is 8.78 Å². The van der Waals surface area contributed by atoms with Gasteiger partial charge in [0.15, 0.2) is 5.82 Å². The first kappa shape index (κ1) is 15.0. The van der Waals surface area contributed by atoms with Crippen molar-refractivity contribution in [3.63, 3.8) is 0 Å². The number of anilines is 1. The molecule has 2 saturated heterocycles. The molecule has 5 heteroatoms. The van der Waals surface area contributed by atoms with Crippen molar-refractivity contribution in [3.8, 4) is 0 Å². The van der Waals surface area contributed by atoms with Gasteiger partial charge in [-0.3, -0.25) is 4.90 Å². The summed E-state index contributed by atoms with van der Waals surface area (Å²) in [6.07, 6.45) is 2.34. The van der Waals surface area contributed by atoms with Crippen LogP contribution in [0.2, 0.25) is 5.02 Å². The zero-order valence-electron chi connectivity index (χ0n) is 12.5. The molecule has 2 unspecified atom stereocenters. The summed E-state index contributed by atoms with van der Waals surface area (Å²) in [5.41, 5.74) is 0.364. The Morgan fingerprint density at radius 2 is 2.00 bits per heavy atom. The lowest BCUT2D eigenvalue weighted by molar-refractivity contribution is 0.176. The Morgan fingerprint density at radius 3 is 2.67 bits per heavy atom. The highest BCUT2D eigenvalue weighted by molar-refractivity contribution is 6.33. The van der Waals surface area contributed by atoms with Crippen molar-refractivity contribution in [3.05, 3.63) is 28.8 Å². The van der Waals surface area contributed by atoms with Crippen molar-refractivity contribution in [1.82, 2.24) is 4.90 Å². The van der Waals surface area contributed by atoms with Gasteiger partial charge in [-0.2, -0.15) is 0 Å². The van der Waals surface area contributed by atoms with Crippen molar-refractivity contribution in [2.24, 2.45) is 5.92 Å². The van der Waals surface area contributed by atoms with Gasteiger partial charge in [0.05, 0.1) is 10.7 Å². The third-order valence-electron chi connectivity index (χ3n) is 4.77. The van der Waals surface area contributed by atoms with Gasteiger partial charge in [0.1, 0.15) is 5.82 Å². The second kappa shape index (κ2) is 5.73. The van der Waals surface area contributed by atoms with E-state index in [9.17, 15) is 8.78 Å². The Morgan fingerprint density at radius 1 is 1.24 bits per heavy atom. The molecule has 0 aromatic heterocycles. The van der Waals surface area contributed by atoms with E-state index in [-0.39, 0.29) is 11.1 Å². The predicted octanol–water partition coefficient (Wildman–Crippen LogP) is 3.93. The van der Waals surface area contributed by atoms with E-state index >= 15 is 0 Å². The highest BCUT2D eigenvalue weighted by atomic mass is 35.5. The van der Waals surface area contributed by atoms with Crippen LogP contribution in [0.5, 0.6) is 0 Å². The van der Waals surface area contributed by atoms with Crippen LogP contribution < -0.4 is 4.90 Å². The van der Waals surface area contributed by atoms with Crippen LogP contribution in [-0.2, 0) is 0 Å². The van der Waals surface area contributed by atoms with Crippen LogP contribution in [0.25, 0.3) is 0 Å². The van der Waals surface area contributed by atoms with Crippen LogP contribution in [0.3, 0.4) is 0 Å². The number of piperazine rings is 1. The van der Waals surface area contributed by atoms with E-state index in [1.165, 1.54) is 12.5 Å². The molecule has 0 amide bonds. The van der Waals surface area contributed by atoms with Gasteiger partial charge in [-0.15, -0.1) is 0 Å². The molecule has 2 fully saturated rings. The van der Waals surface area contributed by atoms with E-state index in [2.05, 4.69) is 23.6 Å². The molecule has 0 spiro atoms. The van der Waals surface area contributed by atoms with E-state index < -0.39 is 11.6 Å². The molecular weight excluding hydrogens is 294 g/mol. The summed E-state index contributed by atoms with van der Waals surface area (Å²) < 4.78 is 27.6. The number of hydrogen-bond donors (Lipinski definition) is 0. The van der Waals surface area contributed by atoms with Gasteiger partial charge in [0.2, 0.25) is 0 Å². The van der Waals surface area contributed by atoms with Crippen molar-refractivity contribution in [1.29, 1.82) is 0 Å². The largest absolute Gasteiger partial charge is 0.362 e. The number of rotatable bonds is 2. The standard InChI is InChI=1S/C16H21ClF2N2/c1-10(2)15-9-20-5-3-4-12(20)8-21(15)16-13(17)6-11(18)7-14(16)19/h6-7,10,12,15H,3-5,8-9H2,1-2H3. The van der Waals surface area contributed by atoms with Crippen LogP contribution in [0, 0.1) is 17.6 Å². The number of nitrogens with zero attached hydrogens (tertiary/aromatic N) is 2. The minimum Gasteiger partial charge on any atom is -0.362 e. The topological polar surface area (TPSA) is 6.48 Å². The summed E-state index contributed by atoms with van der Waals surface area (Å²) >= 11 is 6.15. The lowest BCUT2D eigenvalue weighted by atomic mass is 9.96. The molecule has 1 aromatic rings. The number of fused-ring (bicyclic) bond motifs is 1. The Balaban J connectivity index is 1.98. The summed E-state index contributed by atoms with van der Waals surface area (Å²) in [6, 6.07) is 2.80. The van der Waals surface area contributed by atoms with Crippen LogP contribution in [-0.4, -0.2) is 36.6 Å². The molecule has 1 aromatic carbocycles. The lowest BCUT2D eigenvalue weighted by Gasteiger charge is -2.47. The molecule has 0 N–H and O–H groups in total. The van der Waals surface area contributed by atoms with E-state index in [0.717, 1.165) is 32.1 Å². The highest BCUT2D eigenvalue weighted by Gasteiger charge is 2.39. The smallest absolute Gasteiger partial charge is 0.150 e. The maximum absolute atomic E-state index is 14.3. The lowest BCUT2D eigenvalue weighted by Crippen LogP contribution is -2.58. The average molecular weight is 315 g/mol. The Bertz CT molecular complexity index is 512. The minimum atomic E-state index is -0.623. The molecule has 0 aliphatic carbocycles. The molecule has 21 heavy (non-hydrogen) atoms. The molecular formula is C16H21ClF2N2. The first-order valence-electron chi connectivity index (χ1n) is 7.62. The average Bonchev–Trinajstić information content (AvgIpc) is 2.83. The Labute approximate surface area is 129 Å². The maximum Gasteiger partial charge on any atom is 0.150 e. The Hall–Kier alpha value is -0.870. The first-order valence-corrected chi connectivity index (χ1v) is 8.00. The zero-order valence-corrected chi connectivity index (χ0v) is 13.2. The third kappa shape index (κ3) is 2.76. The van der Waals surface area contributed by atoms with Crippen LogP contribution >= 0.6 is 11.6 Å². The third-order valence-corrected chi connectivity index (χ3v) is 5.05. The summed E-state index contributed by atoms with van der Waals surface area (Å²) in [5, 5.41) is 0.171. The fourth-order valence-electron chi connectivity index (χ4n) is 3.68. The highest BCUT2D eigenvalue weighted by Crippen LogP contribution is 2.37. The van der Waals surface area contributed by atoms with Crippen LogP contribution in [0.1, 0.15) is 26.7 Å². The Kier molecular flexibility index (Phi) is 4.10. The second-order valence-corrected chi connectivity index (χ2v) is 6.88. The SMILES string of the molecule is CC(C)C1CN2CCCC2CN1c1c(F)cc(F)cc1Cl. The summed E-state index contributed by atoms with van der Waals surface area (Å²) in [4.78, 5) is 4.56. The number of benzene rings is 1. The van der Waals surface area contributed by atoms with E-state index in [0.29, 0.717) is 17.6 Å². The molecule has 3 rings (SSSR count). The van der Waals surface area contributed by atoms with Gasteiger partial charge in [-0.1, -0.05) is 25.4 Å². The fraction of sp³-hybridized carbons (Fsp3) is 0.625. The summed E-state index contributed by atoms with van der Waals surface area (Å²) in [7, 11) is 0. The second-order valence-electron chi connectivity index (χ2n) is 6.47. The minimum absolute atomic E-state index is 0.171. The van der Waals surface area contributed by atoms with Crippen molar-refractivity contribution in [2.75, 3.05) is 24.5 Å². The molecule has 2 atom stereocenters. The number of hydrogen-bond acceptors (Lipinski definition) is 2. The van der Waals surface area contributed by atoms with Crippen LogP contribution in [0.4, 0.5) is 14.5 Å². The number of halogens is 3. The normalized spacial score (nSPS) is 26.5. The van der Waals surface area contributed by atoms with Gasteiger partial charge in [-0.25, -0.2) is 8.78 Å². The predicted molar refractivity (Wildman–Crippen MR) is 81.9 cm³/mol. The molecule has 2 nitrogen and oxygen atoms in total. The molecule has 2 aliphatic heterocycles. The van der Waals surface area contributed by atoms with Gasteiger partial charge in [0.25, 0.3) is 0 Å². The quantitative estimate of drug-likeness (QED) is 0.816. The molecule has 0 bridgehead atoms. The first-order chi connectivity index (χ1) is 9.97.